The second kappa shape index (κ2) is 5.10. The smallest absolute Gasteiger partial charge is 0.152 e. The van der Waals surface area contributed by atoms with E-state index in [1.807, 2.05) is 13.0 Å². The summed E-state index contributed by atoms with van der Waals surface area (Å²) >= 11 is 5.92. The van der Waals surface area contributed by atoms with Gasteiger partial charge in [0.15, 0.2) is 5.15 Å². The van der Waals surface area contributed by atoms with Crippen molar-refractivity contribution in [1.82, 2.24) is 9.97 Å². The first-order chi connectivity index (χ1) is 8.16. The molecule has 0 aliphatic heterocycles. The molecule has 5 heteroatoms. The van der Waals surface area contributed by atoms with Crippen LogP contribution in [0.4, 0.5) is 10.1 Å². The summed E-state index contributed by atoms with van der Waals surface area (Å²) in [5.74, 6) is -0.353. The van der Waals surface area contributed by atoms with E-state index in [1.54, 1.807) is 18.5 Å². The van der Waals surface area contributed by atoms with Gasteiger partial charge in [0.2, 0.25) is 0 Å². The van der Waals surface area contributed by atoms with Crippen LogP contribution >= 0.6 is 11.6 Å². The number of halogens is 2. The Kier molecular flexibility index (Phi) is 3.54. The summed E-state index contributed by atoms with van der Waals surface area (Å²) in [6.07, 6.45) is 4.40. The van der Waals surface area contributed by atoms with Gasteiger partial charge >= 0.3 is 0 Å². The molecule has 88 valence electrons. The molecule has 0 aliphatic carbocycles. The molecule has 2 aromatic heterocycles. The lowest BCUT2D eigenvalue weighted by atomic mass is 10.1. The van der Waals surface area contributed by atoms with Crippen LogP contribution < -0.4 is 5.32 Å². The van der Waals surface area contributed by atoms with Crippen LogP contribution in [0.1, 0.15) is 18.5 Å². The van der Waals surface area contributed by atoms with Crippen LogP contribution in [0.15, 0.2) is 36.8 Å². The Morgan fingerprint density at radius 2 is 2.24 bits per heavy atom. The van der Waals surface area contributed by atoms with Crippen molar-refractivity contribution in [2.24, 2.45) is 0 Å². The van der Waals surface area contributed by atoms with Gasteiger partial charge < -0.3 is 5.32 Å². The molecular weight excluding hydrogens is 241 g/mol. The number of rotatable bonds is 3. The third-order valence-corrected chi connectivity index (χ3v) is 2.66. The predicted octanol–water partition coefficient (Wildman–Crippen LogP) is 3.44. The summed E-state index contributed by atoms with van der Waals surface area (Å²) in [6.45, 7) is 1.90. The summed E-state index contributed by atoms with van der Waals surface area (Å²) in [7, 11) is 0. The van der Waals surface area contributed by atoms with Crippen LogP contribution in [0.2, 0.25) is 5.15 Å². The highest BCUT2D eigenvalue weighted by Crippen LogP contribution is 2.23. The van der Waals surface area contributed by atoms with Gasteiger partial charge in [-0.25, -0.2) is 9.37 Å². The third-order valence-electron chi connectivity index (χ3n) is 2.36. The summed E-state index contributed by atoms with van der Waals surface area (Å²) in [5, 5.41) is 3.54. The van der Waals surface area contributed by atoms with Crippen molar-refractivity contribution in [3.63, 3.8) is 0 Å². The van der Waals surface area contributed by atoms with Crippen molar-refractivity contribution < 1.29 is 4.39 Å². The van der Waals surface area contributed by atoms with Gasteiger partial charge in [-0.3, -0.25) is 4.98 Å². The van der Waals surface area contributed by atoms with Gasteiger partial charge in [-0.15, -0.1) is 0 Å². The molecule has 0 saturated heterocycles. The van der Waals surface area contributed by atoms with E-state index < -0.39 is 0 Å². The molecule has 2 aromatic rings. The highest BCUT2D eigenvalue weighted by atomic mass is 35.5. The molecule has 17 heavy (non-hydrogen) atoms. The highest BCUT2D eigenvalue weighted by Gasteiger charge is 2.08. The molecule has 1 N–H and O–H groups in total. The zero-order valence-corrected chi connectivity index (χ0v) is 9.95. The number of nitrogens with one attached hydrogen (secondary N) is 1. The van der Waals surface area contributed by atoms with Crippen molar-refractivity contribution in [1.29, 1.82) is 0 Å². The van der Waals surface area contributed by atoms with E-state index >= 15 is 0 Å². The Morgan fingerprint density at radius 1 is 1.41 bits per heavy atom. The Morgan fingerprint density at radius 3 is 2.94 bits per heavy atom. The Hall–Kier alpha value is -1.68. The zero-order valence-electron chi connectivity index (χ0n) is 9.19. The van der Waals surface area contributed by atoms with Crippen molar-refractivity contribution in [2.45, 2.75) is 13.0 Å². The number of pyridine rings is 2. The molecule has 0 aliphatic rings. The van der Waals surface area contributed by atoms with Crippen molar-refractivity contribution in [3.8, 4) is 0 Å². The number of hydrogen-bond donors (Lipinski definition) is 1. The van der Waals surface area contributed by atoms with Gasteiger partial charge in [0.05, 0.1) is 17.9 Å². The van der Waals surface area contributed by atoms with Crippen LogP contribution in [0.25, 0.3) is 0 Å². The van der Waals surface area contributed by atoms with Crippen LogP contribution in [-0.4, -0.2) is 9.97 Å². The van der Waals surface area contributed by atoms with E-state index in [2.05, 4.69) is 15.3 Å². The average Bonchev–Trinajstić information content (AvgIpc) is 2.32. The lowest BCUT2D eigenvalue weighted by Gasteiger charge is -2.15. The number of aromatic nitrogens is 2. The van der Waals surface area contributed by atoms with E-state index in [1.165, 1.54) is 12.3 Å². The molecule has 1 atom stereocenters. The lowest BCUT2D eigenvalue weighted by molar-refractivity contribution is 0.616. The van der Waals surface area contributed by atoms with Gasteiger partial charge in [0.1, 0.15) is 5.82 Å². The highest BCUT2D eigenvalue weighted by molar-refractivity contribution is 6.31. The molecule has 0 amide bonds. The number of hydrogen-bond acceptors (Lipinski definition) is 3. The van der Waals surface area contributed by atoms with Crippen LogP contribution in [0.3, 0.4) is 0 Å². The van der Waals surface area contributed by atoms with Gasteiger partial charge in [0, 0.05) is 12.4 Å². The molecule has 0 saturated carbocycles. The number of nitrogens with zero attached hydrogens (tertiary/aromatic N) is 2. The Labute approximate surface area is 104 Å². The molecule has 2 rings (SSSR count). The zero-order chi connectivity index (χ0) is 12.3. The standard InChI is InChI=1S/C12H11ClFN3/c1-8(9-5-10(14)7-15-6-9)17-11-3-2-4-16-12(11)13/h2-8,17H,1H3. The maximum absolute atomic E-state index is 13.0. The molecule has 0 aromatic carbocycles. The first kappa shape index (κ1) is 11.8. The third kappa shape index (κ3) is 2.91. The molecule has 0 radical (unpaired) electrons. The summed E-state index contributed by atoms with van der Waals surface area (Å²) < 4.78 is 13.0. The van der Waals surface area contributed by atoms with Crippen LogP contribution in [0, 0.1) is 5.82 Å². The Bertz CT molecular complexity index is 519. The minimum atomic E-state index is -0.353. The van der Waals surface area contributed by atoms with Gasteiger partial charge in [-0.1, -0.05) is 11.6 Å². The molecule has 2 heterocycles. The van der Waals surface area contributed by atoms with Crippen molar-refractivity contribution >= 4 is 17.3 Å². The van der Waals surface area contributed by atoms with E-state index in [0.717, 1.165) is 5.56 Å². The Balaban J connectivity index is 2.17. The normalized spacial score (nSPS) is 12.2. The molecule has 0 bridgehead atoms. The first-order valence-corrected chi connectivity index (χ1v) is 5.52. The van der Waals surface area contributed by atoms with Gasteiger partial charge in [-0.05, 0) is 30.7 Å². The van der Waals surface area contributed by atoms with E-state index in [-0.39, 0.29) is 11.9 Å². The molecule has 1 unspecified atom stereocenters. The van der Waals surface area contributed by atoms with E-state index in [4.69, 9.17) is 11.6 Å². The quantitative estimate of drug-likeness (QED) is 0.849. The minimum absolute atomic E-state index is 0.0973. The van der Waals surface area contributed by atoms with E-state index in [9.17, 15) is 4.39 Å². The largest absolute Gasteiger partial charge is 0.376 e. The summed E-state index contributed by atoms with van der Waals surface area (Å²) in [6, 6.07) is 4.94. The predicted molar refractivity (Wildman–Crippen MR) is 65.5 cm³/mol. The molecule has 0 fully saturated rings. The average molecular weight is 252 g/mol. The molecular formula is C12H11ClFN3. The van der Waals surface area contributed by atoms with Crippen LogP contribution in [0.5, 0.6) is 0 Å². The van der Waals surface area contributed by atoms with Gasteiger partial charge in [0.25, 0.3) is 0 Å². The maximum Gasteiger partial charge on any atom is 0.152 e. The molecule has 0 spiro atoms. The fourth-order valence-corrected chi connectivity index (χ4v) is 1.65. The van der Waals surface area contributed by atoms with Gasteiger partial charge in [-0.2, -0.15) is 0 Å². The second-order valence-corrected chi connectivity index (χ2v) is 4.00. The fourth-order valence-electron chi connectivity index (χ4n) is 1.48. The number of anilines is 1. The SMILES string of the molecule is CC(Nc1cccnc1Cl)c1cncc(F)c1. The maximum atomic E-state index is 13.0. The summed E-state index contributed by atoms with van der Waals surface area (Å²) in [4.78, 5) is 7.76. The van der Waals surface area contributed by atoms with Crippen LogP contribution in [-0.2, 0) is 0 Å². The minimum Gasteiger partial charge on any atom is -0.376 e. The molecule has 3 nitrogen and oxygen atoms in total. The van der Waals surface area contributed by atoms with E-state index in [0.29, 0.717) is 10.8 Å². The lowest BCUT2D eigenvalue weighted by Crippen LogP contribution is -2.08. The summed E-state index contributed by atoms with van der Waals surface area (Å²) in [5.41, 5.74) is 1.47. The monoisotopic (exact) mass is 251 g/mol. The topological polar surface area (TPSA) is 37.8 Å². The second-order valence-electron chi connectivity index (χ2n) is 3.64. The van der Waals surface area contributed by atoms with Crippen molar-refractivity contribution in [2.75, 3.05) is 5.32 Å². The first-order valence-electron chi connectivity index (χ1n) is 5.14. The fraction of sp³-hybridized carbons (Fsp3) is 0.167. The van der Waals surface area contributed by atoms with Crippen molar-refractivity contribution in [3.05, 3.63) is 53.3 Å².